The van der Waals surface area contributed by atoms with Crippen LogP contribution in [0, 0.1) is 0 Å². The monoisotopic (exact) mass is 483 g/mol. The van der Waals surface area contributed by atoms with E-state index in [9.17, 15) is 4.79 Å². The number of furan rings is 1. The van der Waals surface area contributed by atoms with Gasteiger partial charge in [-0.2, -0.15) is 5.10 Å². The Hall–Kier alpha value is -4.47. The van der Waals surface area contributed by atoms with Gasteiger partial charge in [0, 0.05) is 17.7 Å². The highest BCUT2D eigenvalue weighted by molar-refractivity contribution is 6.03. The van der Waals surface area contributed by atoms with Crippen LogP contribution >= 0.6 is 0 Å². The summed E-state index contributed by atoms with van der Waals surface area (Å²) >= 11 is 0. The number of nitrogens with one attached hydrogen (secondary N) is 1. The summed E-state index contributed by atoms with van der Waals surface area (Å²) in [6.07, 6.45) is 4.36. The Balaban J connectivity index is 1.20. The number of anilines is 1. The van der Waals surface area contributed by atoms with Crippen molar-refractivity contribution < 1.29 is 13.9 Å². The van der Waals surface area contributed by atoms with Crippen LogP contribution in [0.2, 0.25) is 0 Å². The Labute approximate surface area is 207 Å². The Kier molecular flexibility index (Phi) is 5.68. The van der Waals surface area contributed by atoms with Crippen molar-refractivity contribution in [3.05, 3.63) is 78.3 Å². The molecule has 6 rings (SSSR count). The van der Waals surface area contributed by atoms with E-state index >= 15 is 0 Å². The normalized spacial score (nSPS) is 17.2. The van der Waals surface area contributed by atoms with E-state index in [1.165, 1.54) is 5.01 Å². The zero-order chi connectivity index (χ0) is 24.5. The second kappa shape index (κ2) is 9.29. The van der Waals surface area contributed by atoms with E-state index < -0.39 is 0 Å². The summed E-state index contributed by atoms with van der Waals surface area (Å²) in [5.74, 6) is 2.04. The molecule has 1 saturated carbocycles. The molecule has 2 aliphatic rings. The van der Waals surface area contributed by atoms with E-state index in [1.807, 2.05) is 65.3 Å². The Morgan fingerprint density at radius 1 is 1.11 bits per heavy atom. The minimum absolute atomic E-state index is 0.0770. The molecule has 1 atom stereocenters. The maximum absolute atomic E-state index is 13.3. The number of hydrazone groups is 1. The Morgan fingerprint density at radius 2 is 1.97 bits per heavy atom. The molecule has 0 unspecified atom stereocenters. The molecule has 10 heteroatoms. The average molecular weight is 484 g/mol. The lowest BCUT2D eigenvalue weighted by Gasteiger charge is -2.20. The predicted molar refractivity (Wildman–Crippen MR) is 132 cm³/mol. The molecule has 2 aromatic heterocycles. The molecule has 1 amide bonds. The smallest absolute Gasteiger partial charge is 0.262 e. The van der Waals surface area contributed by atoms with E-state index in [4.69, 9.17) is 9.15 Å². The lowest BCUT2D eigenvalue weighted by atomic mass is 10.0. The summed E-state index contributed by atoms with van der Waals surface area (Å²) in [7, 11) is 1.63. The molecule has 1 N–H and O–H groups in total. The first-order chi connectivity index (χ1) is 17.7. The van der Waals surface area contributed by atoms with Crippen LogP contribution < -0.4 is 10.1 Å². The van der Waals surface area contributed by atoms with Gasteiger partial charge in [-0.25, -0.2) is 9.69 Å². The average Bonchev–Trinajstić information content (AvgIpc) is 3.32. The molecular formula is C26H25N7O3. The van der Waals surface area contributed by atoms with Crippen molar-refractivity contribution in [3.63, 3.8) is 0 Å². The number of rotatable bonds is 8. The highest BCUT2D eigenvalue weighted by Gasteiger charge is 2.34. The Morgan fingerprint density at radius 3 is 2.72 bits per heavy atom. The predicted octanol–water partition coefficient (Wildman–Crippen LogP) is 4.07. The van der Waals surface area contributed by atoms with Crippen molar-refractivity contribution >= 4 is 17.3 Å². The van der Waals surface area contributed by atoms with E-state index in [-0.39, 0.29) is 18.5 Å². The first-order valence-corrected chi connectivity index (χ1v) is 11.9. The molecule has 3 heterocycles. The number of hydrogen-bond donors (Lipinski definition) is 1. The number of carbonyl (C=O) groups is 1. The van der Waals surface area contributed by atoms with Crippen molar-refractivity contribution in [2.45, 2.75) is 31.3 Å². The van der Waals surface area contributed by atoms with E-state index in [0.29, 0.717) is 18.2 Å². The largest absolute Gasteiger partial charge is 0.497 e. The van der Waals surface area contributed by atoms with Crippen LogP contribution in [0.5, 0.6) is 5.75 Å². The van der Waals surface area contributed by atoms with Gasteiger partial charge in [-0.15, -0.1) is 5.10 Å². The van der Waals surface area contributed by atoms with Gasteiger partial charge in [-0.3, -0.25) is 4.79 Å². The molecular weight excluding hydrogens is 458 g/mol. The lowest BCUT2D eigenvalue weighted by molar-refractivity contribution is -0.131. The van der Waals surface area contributed by atoms with E-state index in [1.54, 1.807) is 13.4 Å². The van der Waals surface area contributed by atoms with Crippen LogP contribution in [0.4, 0.5) is 5.69 Å². The molecule has 10 nitrogen and oxygen atoms in total. The number of aromatic nitrogens is 4. The van der Waals surface area contributed by atoms with Crippen molar-refractivity contribution in [1.29, 1.82) is 0 Å². The van der Waals surface area contributed by atoms with Gasteiger partial charge in [0.15, 0.2) is 5.82 Å². The fraction of sp³-hybridized carbons (Fsp3) is 0.269. The van der Waals surface area contributed by atoms with Gasteiger partial charge in [-0.05, 0) is 77.4 Å². The number of ether oxygens (including phenoxy) is 1. The van der Waals surface area contributed by atoms with E-state index in [0.717, 1.165) is 46.9 Å². The van der Waals surface area contributed by atoms with Crippen LogP contribution in [0.3, 0.4) is 0 Å². The minimum Gasteiger partial charge on any atom is -0.497 e. The van der Waals surface area contributed by atoms with Crippen molar-refractivity contribution in [2.24, 2.45) is 5.10 Å². The second-order valence-electron chi connectivity index (χ2n) is 8.86. The molecule has 1 fully saturated rings. The minimum atomic E-state index is -0.305. The van der Waals surface area contributed by atoms with Crippen LogP contribution in [0.15, 0.2) is 76.4 Å². The molecule has 0 spiro atoms. The molecule has 0 bridgehead atoms. The fourth-order valence-corrected chi connectivity index (χ4v) is 4.38. The van der Waals surface area contributed by atoms with Crippen LogP contribution in [0.25, 0.3) is 11.4 Å². The standard InChI is InChI=1S/C26H25N7O3/c1-35-21-11-7-17(8-12-21)22-15-23(24-6-3-13-36-24)33(29-22)25(34)16-27-19-5-2-4-18(14-19)26-28-30-31-32(26)20-9-10-20/h2-8,11-14,20,23,27H,9-10,15-16H2,1H3/t23-/m0/s1. The Bertz CT molecular complexity index is 1390. The molecule has 2 aromatic carbocycles. The van der Waals surface area contributed by atoms with Crippen molar-refractivity contribution in [3.8, 4) is 17.1 Å². The summed E-state index contributed by atoms with van der Waals surface area (Å²) in [5.41, 5.74) is 3.47. The first kappa shape index (κ1) is 22.0. The van der Waals surface area contributed by atoms with Gasteiger partial charge in [0.05, 0.1) is 31.7 Å². The quantitative estimate of drug-likeness (QED) is 0.402. The number of amides is 1. The highest BCUT2D eigenvalue weighted by atomic mass is 16.5. The van der Waals surface area contributed by atoms with Crippen LogP contribution in [-0.4, -0.2) is 50.5 Å². The molecule has 36 heavy (non-hydrogen) atoms. The number of benzene rings is 2. The number of methoxy groups -OCH3 is 1. The summed E-state index contributed by atoms with van der Waals surface area (Å²) in [5, 5.41) is 21.6. The van der Waals surface area contributed by atoms with Gasteiger partial charge in [-0.1, -0.05) is 12.1 Å². The number of nitrogens with zero attached hydrogens (tertiary/aromatic N) is 6. The molecule has 0 radical (unpaired) electrons. The highest BCUT2D eigenvalue weighted by Crippen LogP contribution is 2.37. The van der Waals surface area contributed by atoms with E-state index in [2.05, 4.69) is 25.9 Å². The molecule has 4 aromatic rings. The molecule has 1 aliphatic carbocycles. The van der Waals surface area contributed by atoms with Gasteiger partial charge < -0.3 is 14.5 Å². The number of tetrazole rings is 1. The first-order valence-electron chi connectivity index (χ1n) is 11.9. The SMILES string of the molecule is COc1ccc(C2=NN(C(=O)CNc3cccc(-c4nnnn4C4CC4)c3)[C@H](c3ccco3)C2)cc1. The van der Waals surface area contributed by atoms with Gasteiger partial charge in [0.1, 0.15) is 17.6 Å². The molecule has 1 aliphatic heterocycles. The summed E-state index contributed by atoms with van der Waals surface area (Å²) < 4.78 is 12.8. The van der Waals surface area contributed by atoms with Gasteiger partial charge in [0.25, 0.3) is 5.91 Å². The number of hydrogen-bond acceptors (Lipinski definition) is 8. The second-order valence-corrected chi connectivity index (χ2v) is 8.86. The maximum atomic E-state index is 13.3. The van der Waals surface area contributed by atoms with Crippen LogP contribution in [0.1, 0.15) is 42.7 Å². The molecule has 0 saturated heterocycles. The van der Waals surface area contributed by atoms with Crippen molar-refractivity contribution in [1.82, 2.24) is 25.2 Å². The summed E-state index contributed by atoms with van der Waals surface area (Å²) in [4.78, 5) is 13.3. The van der Waals surface area contributed by atoms with Crippen LogP contribution in [-0.2, 0) is 4.79 Å². The third-order valence-corrected chi connectivity index (χ3v) is 6.41. The maximum Gasteiger partial charge on any atom is 0.262 e. The van der Waals surface area contributed by atoms with Gasteiger partial charge >= 0.3 is 0 Å². The lowest BCUT2D eigenvalue weighted by Crippen LogP contribution is -2.32. The zero-order valence-electron chi connectivity index (χ0n) is 19.7. The zero-order valence-corrected chi connectivity index (χ0v) is 19.7. The number of carbonyl (C=O) groups excluding carboxylic acids is 1. The van der Waals surface area contributed by atoms with Gasteiger partial charge in [0.2, 0.25) is 0 Å². The third kappa shape index (κ3) is 4.33. The fourth-order valence-electron chi connectivity index (χ4n) is 4.38. The topological polar surface area (TPSA) is 111 Å². The van der Waals surface area contributed by atoms with Crippen molar-refractivity contribution in [2.75, 3.05) is 19.0 Å². The third-order valence-electron chi connectivity index (χ3n) is 6.41. The summed E-state index contributed by atoms with van der Waals surface area (Å²) in [6, 6.07) is 19.2. The molecule has 182 valence electrons. The summed E-state index contributed by atoms with van der Waals surface area (Å²) in [6.45, 7) is 0.0770.